The molecule has 0 atom stereocenters. The van der Waals surface area contributed by atoms with Gasteiger partial charge in [-0.05, 0) is 51.3 Å². The van der Waals surface area contributed by atoms with E-state index in [9.17, 15) is 12.8 Å². The average Bonchev–Trinajstić information content (AvgIpc) is 2.73. The Hall–Kier alpha value is -2.46. The van der Waals surface area contributed by atoms with Crippen LogP contribution in [-0.2, 0) is 10.0 Å². The molecule has 1 aromatic heterocycles. The SMILES string of the molecule is CCOc1ccc(S(=O)(=O)NCCNc2nc(C)cc(N3CCCCC3)n2)cc1F. The molecule has 2 heterocycles. The van der Waals surface area contributed by atoms with Crippen LogP contribution in [0, 0.1) is 12.7 Å². The molecule has 1 aliphatic rings. The van der Waals surface area contributed by atoms with E-state index in [0.717, 1.165) is 43.5 Å². The van der Waals surface area contributed by atoms with Crippen molar-refractivity contribution in [2.75, 3.05) is 43.0 Å². The minimum Gasteiger partial charge on any atom is -0.491 e. The van der Waals surface area contributed by atoms with Crippen LogP contribution in [0.25, 0.3) is 0 Å². The zero-order valence-corrected chi connectivity index (χ0v) is 18.1. The summed E-state index contributed by atoms with van der Waals surface area (Å²) in [5.74, 6) is 0.660. The Morgan fingerprint density at radius 3 is 2.60 bits per heavy atom. The largest absolute Gasteiger partial charge is 0.491 e. The van der Waals surface area contributed by atoms with E-state index in [2.05, 4.69) is 24.9 Å². The number of piperidine rings is 1. The van der Waals surface area contributed by atoms with Crippen molar-refractivity contribution < 1.29 is 17.5 Å². The van der Waals surface area contributed by atoms with Crippen LogP contribution in [0.5, 0.6) is 5.75 Å². The molecule has 0 spiro atoms. The predicted molar refractivity (Wildman–Crippen MR) is 114 cm³/mol. The van der Waals surface area contributed by atoms with Crippen LogP contribution in [0.1, 0.15) is 31.9 Å². The predicted octanol–water partition coefficient (Wildman–Crippen LogP) is 2.70. The summed E-state index contributed by atoms with van der Waals surface area (Å²) in [7, 11) is -3.84. The van der Waals surface area contributed by atoms with Crippen molar-refractivity contribution in [3.8, 4) is 5.75 Å². The van der Waals surface area contributed by atoms with Gasteiger partial charge in [0.2, 0.25) is 16.0 Å². The smallest absolute Gasteiger partial charge is 0.240 e. The third kappa shape index (κ3) is 5.79. The van der Waals surface area contributed by atoms with Gasteiger partial charge in [-0.2, -0.15) is 4.98 Å². The van der Waals surface area contributed by atoms with Crippen molar-refractivity contribution in [2.45, 2.75) is 38.0 Å². The molecule has 8 nitrogen and oxygen atoms in total. The Bertz CT molecular complexity index is 965. The van der Waals surface area contributed by atoms with Gasteiger partial charge >= 0.3 is 0 Å². The molecule has 0 radical (unpaired) electrons. The highest BCUT2D eigenvalue weighted by atomic mass is 32.2. The molecule has 164 valence electrons. The lowest BCUT2D eigenvalue weighted by Crippen LogP contribution is -2.31. The number of rotatable bonds is 9. The minimum absolute atomic E-state index is 0.0271. The monoisotopic (exact) mass is 437 g/mol. The van der Waals surface area contributed by atoms with Gasteiger partial charge in [0.15, 0.2) is 11.6 Å². The molecule has 1 fully saturated rings. The molecule has 1 aliphatic heterocycles. The summed E-state index contributed by atoms with van der Waals surface area (Å²) in [4.78, 5) is 11.0. The van der Waals surface area contributed by atoms with E-state index in [4.69, 9.17) is 4.74 Å². The maximum Gasteiger partial charge on any atom is 0.240 e. The van der Waals surface area contributed by atoms with Crippen LogP contribution in [0.4, 0.5) is 16.2 Å². The summed E-state index contributed by atoms with van der Waals surface area (Å²) in [6.45, 7) is 6.29. The van der Waals surface area contributed by atoms with Crippen molar-refractivity contribution in [3.63, 3.8) is 0 Å². The van der Waals surface area contributed by atoms with Crippen molar-refractivity contribution in [2.24, 2.45) is 0 Å². The third-order valence-electron chi connectivity index (χ3n) is 4.73. The van der Waals surface area contributed by atoms with Crippen molar-refractivity contribution in [1.82, 2.24) is 14.7 Å². The van der Waals surface area contributed by atoms with Gasteiger partial charge in [0, 0.05) is 37.9 Å². The number of aryl methyl sites for hydroxylation is 1. The van der Waals surface area contributed by atoms with Crippen molar-refractivity contribution in [1.29, 1.82) is 0 Å². The zero-order valence-electron chi connectivity index (χ0n) is 17.3. The number of hydrogen-bond donors (Lipinski definition) is 2. The number of aromatic nitrogens is 2. The Kier molecular flexibility index (Phi) is 7.43. The first-order valence-electron chi connectivity index (χ1n) is 10.2. The van der Waals surface area contributed by atoms with E-state index >= 15 is 0 Å². The summed E-state index contributed by atoms with van der Waals surface area (Å²) in [6, 6.07) is 5.54. The molecule has 0 bridgehead atoms. The van der Waals surface area contributed by atoms with Gasteiger partial charge in [0.1, 0.15) is 5.82 Å². The molecule has 0 aliphatic carbocycles. The number of hydrogen-bond acceptors (Lipinski definition) is 7. The molecule has 10 heteroatoms. The van der Waals surface area contributed by atoms with E-state index in [1.54, 1.807) is 6.92 Å². The first kappa shape index (κ1) is 22.2. The topological polar surface area (TPSA) is 96.5 Å². The Labute approximate surface area is 176 Å². The summed E-state index contributed by atoms with van der Waals surface area (Å²) in [5, 5.41) is 3.06. The molecule has 2 aromatic rings. The molecule has 3 rings (SSSR count). The second kappa shape index (κ2) is 10.0. The third-order valence-corrected chi connectivity index (χ3v) is 6.19. The summed E-state index contributed by atoms with van der Waals surface area (Å²) in [5.41, 5.74) is 0.846. The molecule has 2 N–H and O–H groups in total. The van der Waals surface area contributed by atoms with Crippen LogP contribution < -0.4 is 19.7 Å². The second-order valence-corrected chi connectivity index (χ2v) is 8.86. The molecule has 0 unspecified atom stereocenters. The van der Waals surface area contributed by atoms with E-state index in [-0.39, 0.29) is 17.2 Å². The second-order valence-electron chi connectivity index (χ2n) is 7.09. The molecule has 1 saturated heterocycles. The molecular formula is C20H28FN5O3S. The fourth-order valence-electron chi connectivity index (χ4n) is 3.28. The number of nitrogens with one attached hydrogen (secondary N) is 2. The summed E-state index contributed by atoms with van der Waals surface area (Å²) < 4.78 is 46.3. The molecule has 0 amide bonds. The summed E-state index contributed by atoms with van der Waals surface area (Å²) >= 11 is 0. The van der Waals surface area contributed by atoms with Crippen LogP contribution in [0.2, 0.25) is 0 Å². The van der Waals surface area contributed by atoms with Gasteiger partial charge in [-0.3, -0.25) is 0 Å². The Morgan fingerprint density at radius 1 is 1.13 bits per heavy atom. The normalized spacial score (nSPS) is 14.6. The zero-order chi connectivity index (χ0) is 21.6. The van der Waals surface area contributed by atoms with Crippen molar-refractivity contribution >= 4 is 21.8 Å². The number of sulfonamides is 1. The lowest BCUT2D eigenvalue weighted by molar-refractivity contribution is 0.321. The van der Waals surface area contributed by atoms with E-state index in [1.165, 1.54) is 18.6 Å². The van der Waals surface area contributed by atoms with Crippen molar-refractivity contribution in [3.05, 3.63) is 35.8 Å². The van der Waals surface area contributed by atoms with Crippen LogP contribution >= 0.6 is 0 Å². The number of nitrogens with zero attached hydrogens (tertiary/aromatic N) is 3. The fourth-order valence-corrected chi connectivity index (χ4v) is 4.32. The number of halogens is 1. The minimum atomic E-state index is -3.84. The Morgan fingerprint density at radius 2 is 1.90 bits per heavy atom. The van der Waals surface area contributed by atoms with Crippen LogP contribution in [0.3, 0.4) is 0 Å². The molecular weight excluding hydrogens is 409 g/mol. The van der Waals surface area contributed by atoms with Crippen LogP contribution in [-0.4, -0.2) is 51.2 Å². The lowest BCUT2D eigenvalue weighted by Gasteiger charge is -2.28. The lowest BCUT2D eigenvalue weighted by atomic mass is 10.1. The molecule has 1 aromatic carbocycles. The quantitative estimate of drug-likeness (QED) is 0.582. The van der Waals surface area contributed by atoms with Gasteiger partial charge in [-0.25, -0.2) is 22.5 Å². The molecule has 0 saturated carbocycles. The summed E-state index contributed by atoms with van der Waals surface area (Å²) in [6.07, 6.45) is 3.55. The van der Waals surface area contributed by atoms with Gasteiger partial charge in [-0.1, -0.05) is 0 Å². The fraction of sp³-hybridized carbons (Fsp3) is 0.500. The van der Waals surface area contributed by atoms with Crippen LogP contribution in [0.15, 0.2) is 29.2 Å². The standard InChI is InChI=1S/C20H28FN5O3S/c1-3-29-18-8-7-16(14-17(18)21)30(27,28)23-10-9-22-20-24-15(2)13-19(25-20)26-11-5-4-6-12-26/h7-8,13-14,23H,3-6,9-12H2,1-2H3,(H,22,24,25). The number of anilines is 2. The first-order chi connectivity index (χ1) is 14.4. The van der Waals surface area contributed by atoms with Gasteiger partial charge in [-0.15, -0.1) is 0 Å². The number of benzene rings is 1. The average molecular weight is 438 g/mol. The van der Waals surface area contributed by atoms with Gasteiger partial charge < -0.3 is 15.0 Å². The maximum atomic E-state index is 14.0. The Balaban J connectivity index is 1.56. The highest BCUT2D eigenvalue weighted by Crippen LogP contribution is 2.21. The highest BCUT2D eigenvalue weighted by Gasteiger charge is 2.17. The number of ether oxygens (including phenoxy) is 1. The maximum absolute atomic E-state index is 14.0. The first-order valence-corrected chi connectivity index (χ1v) is 11.6. The van der Waals surface area contributed by atoms with E-state index < -0.39 is 15.8 Å². The van der Waals surface area contributed by atoms with Gasteiger partial charge in [0.05, 0.1) is 11.5 Å². The molecule has 30 heavy (non-hydrogen) atoms. The van der Waals surface area contributed by atoms with E-state index in [1.807, 2.05) is 13.0 Å². The van der Waals surface area contributed by atoms with E-state index in [0.29, 0.717) is 19.1 Å². The van der Waals surface area contributed by atoms with Gasteiger partial charge in [0.25, 0.3) is 0 Å². The highest BCUT2D eigenvalue weighted by molar-refractivity contribution is 7.89.